The van der Waals surface area contributed by atoms with Crippen molar-refractivity contribution in [1.82, 2.24) is 5.32 Å². The fourth-order valence-corrected chi connectivity index (χ4v) is 11.1. The third kappa shape index (κ3) is 63.4. The minimum atomic E-state index is -0.660. The average Bonchev–Trinajstić information content (AvgIpc) is 3.43. The van der Waals surface area contributed by atoms with Gasteiger partial charge in [-0.25, -0.2) is 0 Å². The van der Waals surface area contributed by atoms with Gasteiger partial charge in [-0.2, -0.15) is 0 Å². The molecule has 0 rings (SSSR count). The summed E-state index contributed by atoms with van der Waals surface area (Å²) in [6, 6.07) is -0.537. The third-order valence-corrected chi connectivity index (χ3v) is 16.5. The second-order valence-corrected chi connectivity index (χ2v) is 24.2. The standard InChI is InChI=1S/C71H137NO5/c1-3-5-7-9-11-13-15-40-45-49-53-57-61-65-71(76)77-66-62-58-54-50-46-42-39-37-35-33-31-29-27-25-23-21-19-17-18-20-22-24-26-28-30-32-34-36-38-41-44-48-52-56-60-64-70(75)72-68(67-73)69(74)63-59-55-51-47-43-16-14-12-10-8-6-4-2/h13,15,19,21,68-69,73-74H,3-12,14,16-18,20,22-67H2,1-2H3,(H,72,75)/b15-13-,21-19-. The summed E-state index contributed by atoms with van der Waals surface area (Å²) >= 11 is 0. The number of esters is 1. The number of carbonyl (C=O) groups is 2. The Balaban J connectivity index is 3.32. The van der Waals surface area contributed by atoms with E-state index in [0.29, 0.717) is 25.9 Å². The van der Waals surface area contributed by atoms with Crippen molar-refractivity contribution in [2.24, 2.45) is 0 Å². The summed E-state index contributed by atoms with van der Waals surface area (Å²) in [5.41, 5.74) is 0. The van der Waals surface area contributed by atoms with E-state index in [2.05, 4.69) is 43.5 Å². The Morgan fingerprint density at radius 3 is 0.935 bits per heavy atom. The van der Waals surface area contributed by atoms with Crippen LogP contribution in [-0.4, -0.2) is 47.4 Å². The molecule has 0 radical (unpaired) electrons. The summed E-state index contributed by atoms with van der Waals surface area (Å²) < 4.78 is 5.48. The maximum absolute atomic E-state index is 12.5. The lowest BCUT2D eigenvalue weighted by atomic mass is 10.0. The highest BCUT2D eigenvalue weighted by molar-refractivity contribution is 5.76. The zero-order valence-corrected chi connectivity index (χ0v) is 52.2. The van der Waals surface area contributed by atoms with Gasteiger partial charge in [0.1, 0.15) is 0 Å². The molecular weight excluding hydrogens is 947 g/mol. The third-order valence-electron chi connectivity index (χ3n) is 16.5. The molecule has 2 atom stereocenters. The molecule has 0 aromatic rings. The predicted molar refractivity (Wildman–Crippen MR) is 338 cm³/mol. The Hall–Kier alpha value is -1.66. The molecule has 456 valence electrons. The summed E-state index contributed by atoms with van der Waals surface area (Å²) in [7, 11) is 0. The van der Waals surface area contributed by atoms with Crippen LogP contribution in [0, 0.1) is 0 Å². The molecule has 0 spiro atoms. The van der Waals surface area contributed by atoms with Crippen molar-refractivity contribution in [3.05, 3.63) is 24.3 Å². The molecular formula is C71H137NO5. The zero-order valence-electron chi connectivity index (χ0n) is 52.2. The number of aliphatic hydroxyl groups excluding tert-OH is 2. The summed E-state index contributed by atoms with van der Waals surface area (Å²) in [4.78, 5) is 24.5. The van der Waals surface area contributed by atoms with Gasteiger partial charge in [0.05, 0.1) is 25.4 Å². The first kappa shape index (κ1) is 75.3. The van der Waals surface area contributed by atoms with Gasteiger partial charge in [0.2, 0.25) is 5.91 Å². The van der Waals surface area contributed by atoms with E-state index >= 15 is 0 Å². The summed E-state index contributed by atoms with van der Waals surface area (Å²) in [5.74, 6) is -0.0186. The van der Waals surface area contributed by atoms with Crippen LogP contribution in [0.1, 0.15) is 393 Å². The Morgan fingerprint density at radius 1 is 0.351 bits per heavy atom. The van der Waals surface area contributed by atoms with Gasteiger partial charge in [-0.15, -0.1) is 0 Å². The van der Waals surface area contributed by atoms with Gasteiger partial charge < -0.3 is 20.3 Å². The average molecular weight is 1080 g/mol. The van der Waals surface area contributed by atoms with E-state index in [1.807, 2.05) is 0 Å². The fraction of sp³-hybridized carbons (Fsp3) is 0.915. The van der Waals surface area contributed by atoms with Crippen LogP contribution < -0.4 is 5.32 Å². The molecule has 6 nitrogen and oxygen atoms in total. The van der Waals surface area contributed by atoms with Crippen molar-refractivity contribution < 1.29 is 24.5 Å². The lowest BCUT2D eigenvalue weighted by Crippen LogP contribution is -2.45. The normalized spacial score (nSPS) is 12.6. The van der Waals surface area contributed by atoms with Gasteiger partial charge in [-0.1, -0.05) is 327 Å². The smallest absolute Gasteiger partial charge is 0.305 e. The largest absolute Gasteiger partial charge is 0.466 e. The first-order valence-electron chi connectivity index (χ1n) is 35.1. The van der Waals surface area contributed by atoms with Gasteiger partial charge in [0.25, 0.3) is 0 Å². The Labute approximate surface area is 481 Å². The van der Waals surface area contributed by atoms with Crippen LogP contribution in [0.5, 0.6) is 0 Å². The van der Waals surface area contributed by atoms with Gasteiger partial charge in [0.15, 0.2) is 0 Å². The lowest BCUT2D eigenvalue weighted by Gasteiger charge is -2.22. The highest BCUT2D eigenvalue weighted by Crippen LogP contribution is 2.19. The number of ether oxygens (including phenoxy) is 1. The van der Waals surface area contributed by atoms with Crippen molar-refractivity contribution in [3.8, 4) is 0 Å². The predicted octanol–water partition coefficient (Wildman–Crippen LogP) is 22.5. The Bertz CT molecular complexity index is 1200. The Kier molecular flexibility index (Phi) is 65.4. The van der Waals surface area contributed by atoms with Crippen molar-refractivity contribution in [2.45, 2.75) is 405 Å². The molecule has 0 aliphatic heterocycles. The van der Waals surface area contributed by atoms with Crippen LogP contribution in [0.3, 0.4) is 0 Å². The lowest BCUT2D eigenvalue weighted by molar-refractivity contribution is -0.143. The monoisotopic (exact) mass is 1080 g/mol. The molecule has 0 aromatic carbocycles. The fourth-order valence-electron chi connectivity index (χ4n) is 11.1. The number of allylic oxidation sites excluding steroid dienone is 4. The number of carbonyl (C=O) groups excluding carboxylic acids is 2. The SMILES string of the molecule is CCCCCC/C=C\CCCCCCCC(=O)OCCCCCCCCCCCCCCCC/C=C\CCCCCCCCCCCCCCCCCCCC(=O)NC(CO)C(O)CCCCCCCCCCCCCC. The number of amides is 1. The van der Waals surface area contributed by atoms with E-state index < -0.39 is 12.1 Å². The second-order valence-electron chi connectivity index (χ2n) is 24.2. The number of hydrogen-bond acceptors (Lipinski definition) is 5. The highest BCUT2D eigenvalue weighted by atomic mass is 16.5. The van der Waals surface area contributed by atoms with Gasteiger partial charge in [-0.05, 0) is 77.0 Å². The minimum Gasteiger partial charge on any atom is -0.466 e. The van der Waals surface area contributed by atoms with Crippen molar-refractivity contribution in [3.63, 3.8) is 0 Å². The molecule has 0 heterocycles. The summed E-state index contributed by atoms with van der Waals surface area (Å²) in [5, 5.41) is 23.3. The van der Waals surface area contributed by atoms with Crippen molar-refractivity contribution in [1.29, 1.82) is 0 Å². The van der Waals surface area contributed by atoms with Crippen molar-refractivity contribution in [2.75, 3.05) is 13.2 Å². The molecule has 0 aliphatic rings. The van der Waals surface area contributed by atoms with E-state index in [1.54, 1.807) is 0 Å². The van der Waals surface area contributed by atoms with Crippen molar-refractivity contribution >= 4 is 11.9 Å². The summed E-state index contributed by atoms with van der Waals surface area (Å²) in [6.45, 7) is 4.96. The zero-order chi connectivity index (χ0) is 55.7. The van der Waals surface area contributed by atoms with E-state index in [0.717, 1.165) is 44.9 Å². The first-order chi connectivity index (χ1) is 38.0. The molecule has 2 unspecified atom stereocenters. The number of hydrogen-bond donors (Lipinski definition) is 3. The molecule has 0 saturated heterocycles. The molecule has 1 amide bonds. The van der Waals surface area contributed by atoms with E-state index in [-0.39, 0.29) is 18.5 Å². The van der Waals surface area contributed by atoms with Crippen LogP contribution in [-0.2, 0) is 14.3 Å². The maximum Gasteiger partial charge on any atom is 0.305 e. The molecule has 6 heteroatoms. The van der Waals surface area contributed by atoms with E-state index in [4.69, 9.17) is 4.74 Å². The van der Waals surface area contributed by atoms with Crippen LogP contribution in [0.15, 0.2) is 24.3 Å². The van der Waals surface area contributed by atoms with Crippen LogP contribution in [0.4, 0.5) is 0 Å². The number of aliphatic hydroxyl groups is 2. The molecule has 0 bridgehead atoms. The molecule has 0 saturated carbocycles. The first-order valence-corrected chi connectivity index (χ1v) is 35.1. The molecule has 0 aliphatic carbocycles. The topological polar surface area (TPSA) is 95.9 Å². The number of rotatable bonds is 66. The van der Waals surface area contributed by atoms with Crippen LogP contribution in [0.2, 0.25) is 0 Å². The van der Waals surface area contributed by atoms with Crippen LogP contribution in [0.25, 0.3) is 0 Å². The number of unbranched alkanes of at least 4 members (excludes halogenated alkanes) is 51. The van der Waals surface area contributed by atoms with Gasteiger partial charge in [0, 0.05) is 12.8 Å². The highest BCUT2D eigenvalue weighted by Gasteiger charge is 2.20. The maximum atomic E-state index is 12.5. The molecule has 0 fully saturated rings. The molecule has 77 heavy (non-hydrogen) atoms. The van der Waals surface area contributed by atoms with Gasteiger partial charge >= 0.3 is 5.97 Å². The van der Waals surface area contributed by atoms with Crippen LogP contribution >= 0.6 is 0 Å². The van der Waals surface area contributed by atoms with E-state index in [1.165, 1.54) is 315 Å². The Morgan fingerprint density at radius 2 is 0.610 bits per heavy atom. The summed E-state index contributed by atoms with van der Waals surface area (Å²) in [6.07, 6.45) is 83.8. The second kappa shape index (κ2) is 66.8. The number of nitrogens with one attached hydrogen (secondary N) is 1. The quantitative estimate of drug-likeness (QED) is 0.0320. The van der Waals surface area contributed by atoms with Gasteiger partial charge in [-0.3, -0.25) is 9.59 Å². The molecule has 3 N–H and O–H groups in total. The molecule has 0 aromatic heterocycles. The van der Waals surface area contributed by atoms with E-state index in [9.17, 15) is 19.8 Å². The minimum absolute atomic E-state index is 0.0113.